The Morgan fingerprint density at radius 1 is 1.50 bits per heavy atom. The fourth-order valence-corrected chi connectivity index (χ4v) is 1.59. The van der Waals surface area contributed by atoms with Crippen molar-refractivity contribution in [1.82, 2.24) is 10.6 Å². The summed E-state index contributed by atoms with van der Waals surface area (Å²) in [5, 5.41) is 6.81. The van der Waals surface area contributed by atoms with Crippen molar-refractivity contribution in [2.45, 2.75) is 38.3 Å². The summed E-state index contributed by atoms with van der Waals surface area (Å²) in [6.07, 6.45) is 9.01. The van der Waals surface area contributed by atoms with Crippen molar-refractivity contribution in [3.8, 4) is 12.3 Å². The lowest BCUT2D eigenvalue weighted by molar-refractivity contribution is 0.453. The van der Waals surface area contributed by atoms with E-state index >= 15 is 0 Å². The highest BCUT2D eigenvalue weighted by Gasteiger charge is 2.12. The van der Waals surface area contributed by atoms with Crippen molar-refractivity contribution < 1.29 is 0 Å². The van der Waals surface area contributed by atoms with Crippen LogP contribution in [0.3, 0.4) is 0 Å². The Balaban J connectivity index is 2.25. The van der Waals surface area contributed by atoms with Crippen LogP contribution in [0.1, 0.15) is 26.2 Å². The molecular formula is C10H18N2. The Morgan fingerprint density at radius 2 is 2.33 bits per heavy atom. The summed E-state index contributed by atoms with van der Waals surface area (Å²) >= 11 is 0. The summed E-state index contributed by atoms with van der Waals surface area (Å²) in [4.78, 5) is 0. The lowest BCUT2D eigenvalue weighted by Crippen LogP contribution is -2.36. The summed E-state index contributed by atoms with van der Waals surface area (Å²) in [5.74, 6) is 2.70. The molecule has 1 saturated heterocycles. The highest BCUT2D eigenvalue weighted by atomic mass is 15.0. The molecule has 1 fully saturated rings. The van der Waals surface area contributed by atoms with Crippen LogP contribution in [0, 0.1) is 12.3 Å². The Morgan fingerprint density at radius 3 is 3.08 bits per heavy atom. The summed E-state index contributed by atoms with van der Waals surface area (Å²) in [6.45, 7) is 4.32. The Hall–Kier alpha value is -0.520. The molecule has 1 rings (SSSR count). The van der Waals surface area contributed by atoms with E-state index in [9.17, 15) is 0 Å². The maximum absolute atomic E-state index is 5.30. The predicted molar refractivity (Wildman–Crippen MR) is 51.9 cm³/mol. The van der Waals surface area contributed by atoms with E-state index in [1.165, 1.54) is 19.3 Å². The maximum atomic E-state index is 5.30. The molecule has 1 aliphatic heterocycles. The number of nitrogens with one attached hydrogen (secondary N) is 2. The lowest BCUT2D eigenvalue weighted by Gasteiger charge is -2.17. The molecule has 2 N–H and O–H groups in total. The third-order valence-electron chi connectivity index (χ3n) is 2.31. The average Bonchev–Trinajstić information content (AvgIpc) is 2.33. The first-order valence-corrected chi connectivity index (χ1v) is 4.76. The number of hydrogen-bond donors (Lipinski definition) is 2. The minimum absolute atomic E-state index is 0.216. The summed E-state index contributed by atoms with van der Waals surface area (Å²) < 4.78 is 0. The van der Waals surface area contributed by atoms with E-state index in [0.717, 1.165) is 13.1 Å². The minimum atomic E-state index is 0.216. The van der Waals surface area contributed by atoms with Gasteiger partial charge in [0.05, 0.1) is 6.04 Å². The second-order valence-electron chi connectivity index (χ2n) is 3.43. The second-order valence-corrected chi connectivity index (χ2v) is 3.43. The largest absolute Gasteiger partial charge is 0.317 e. The van der Waals surface area contributed by atoms with Gasteiger partial charge in [-0.05, 0) is 39.3 Å². The molecule has 0 saturated carbocycles. The molecule has 0 amide bonds. The zero-order valence-corrected chi connectivity index (χ0v) is 7.77. The minimum Gasteiger partial charge on any atom is -0.317 e. The molecule has 12 heavy (non-hydrogen) atoms. The van der Waals surface area contributed by atoms with Crippen molar-refractivity contribution in [3.63, 3.8) is 0 Å². The van der Waals surface area contributed by atoms with Gasteiger partial charge in [-0.15, -0.1) is 6.42 Å². The monoisotopic (exact) mass is 166 g/mol. The Bertz CT molecular complexity index is 152. The van der Waals surface area contributed by atoms with Gasteiger partial charge in [-0.25, -0.2) is 0 Å². The maximum Gasteiger partial charge on any atom is 0.0660 e. The first-order chi connectivity index (χ1) is 5.83. The molecule has 0 aliphatic carbocycles. The van der Waals surface area contributed by atoms with Gasteiger partial charge in [-0.3, -0.25) is 0 Å². The van der Waals surface area contributed by atoms with E-state index in [-0.39, 0.29) is 6.04 Å². The summed E-state index contributed by atoms with van der Waals surface area (Å²) in [6, 6.07) is 0.833. The molecule has 0 spiro atoms. The molecule has 2 unspecified atom stereocenters. The molecule has 68 valence electrons. The van der Waals surface area contributed by atoms with E-state index in [4.69, 9.17) is 6.42 Å². The van der Waals surface area contributed by atoms with Crippen LogP contribution in [0.2, 0.25) is 0 Å². The molecule has 0 aromatic heterocycles. The predicted octanol–water partition coefficient (Wildman–Crippen LogP) is 0.740. The summed E-state index contributed by atoms with van der Waals surface area (Å²) in [5.41, 5.74) is 0. The van der Waals surface area contributed by atoms with Crippen LogP contribution in [0.5, 0.6) is 0 Å². The van der Waals surface area contributed by atoms with Gasteiger partial charge in [0.15, 0.2) is 0 Å². The second kappa shape index (κ2) is 5.18. The van der Waals surface area contributed by atoms with Gasteiger partial charge in [-0.2, -0.15) is 0 Å². The molecule has 0 aromatic carbocycles. The lowest BCUT2D eigenvalue weighted by atomic mass is 10.1. The average molecular weight is 166 g/mol. The molecule has 2 nitrogen and oxygen atoms in total. The SMILES string of the molecule is C#CC(C)NC1CCCNCC1. The number of rotatable bonds is 2. The number of terminal acetylenes is 1. The quantitative estimate of drug-likeness (QED) is 0.591. The number of hydrogen-bond acceptors (Lipinski definition) is 2. The van der Waals surface area contributed by atoms with Crippen molar-refractivity contribution in [1.29, 1.82) is 0 Å². The molecule has 0 bridgehead atoms. The van der Waals surface area contributed by atoms with Crippen LogP contribution < -0.4 is 10.6 Å². The first-order valence-electron chi connectivity index (χ1n) is 4.76. The zero-order valence-electron chi connectivity index (χ0n) is 7.77. The van der Waals surface area contributed by atoms with Crippen molar-refractivity contribution >= 4 is 0 Å². The van der Waals surface area contributed by atoms with Crippen molar-refractivity contribution in [2.24, 2.45) is 0 Å². The van der Waals surface area contributed by atoms with Gasteiger partial charge in [-0.1, -0.05) is 5.92 Å². The van der Waals surface area contributed by atoms with Gasteiger partial charge < -0.3 is 10.6 Å². The highest BCUT2D eigenvalue weighted by molar-refractivity contribution is 4.97. The molecular weight excluding hydrogens is 148 g/mol. The fourth-order valence-electron chi connectivity index (χ4n) is 1.59. The van der Waals surface area contributed by atoms with Gasteiger partial charge in [0.1, 0.15) is 0 Å². The van der Waals surface area contributed by atoms with Gasteiger partial charge in [0.2, 0.25) is 0 Å². The van der Waals surface area contributed by atoms with Gasteiger partial charge in [0.25, 0.3) is 0 Å². The highest BCUT2D eigenvalue weighted by Crippen LogP contribution is 2.05. The summed E-state index contributed by atoms with van der Waals surface area (Å²) in [7, 11) is 0. The molecule has 0 radical (unpaired) electrons. The van der Waals surface area contributed by atoms with Crippen LogP contribution in [0.15, 0.2) is 0 Å². The van der Waals surface area contributed by atoms with Gasteiger partial charge >= 0.3 is 0 Å². The van der Waals surface area contributed by atoms with Gasteiger partial charge in [0, 0.05) is 6.04 Å². The smallest absolute Gasteiger partial charge is 0.0660 e. The molecule has 2 atom stereocenters. The van der Waals surface area contributed by atoms with E-state index in [1.807, 2.05) is 6.92 Å². The van der Waals surface area contributed by atoms with Crippen molar-refractivity contribution in [3.05, 3.63) is 0 Å². The third-order valence-corrected chi connectivity index (χ3v) is 2.31. The third kappa shape index (κ3) is 3.25. The van der Waals surface area contributed by atoms with Crippen LogP contribution in [-0.2, 0) is 0 Å². The Kier molecular flexibility index (Phi) is 4.13. The van der Waals surface area contributed by atoms with Crippen LogP contribution in [-0.4, -0.2) is 25.2 Å². The molecule has 0 aromatic rings. The normalized spacial score (nSPS) is 27.2. The first kappa shape index (κ1) is 9.57. The molecule has 1 heterocycles. The topological polar surface area (TPSA) is 24.1 Å². The van der Waals surface area contributed by atoms with Crippen LogP contribution in [0.4, 0.5) is 0 Å². The van der Waals surface area contributed by atoms with Crippen LogP contribution in [0.25, 0.3) is 0 Å². The van der Waals surface area contributed by atoms with E-state index in [2.05, 4.69) is 16.6 Å². The standard InChI is InChI=1S/C10H18N2/c1-3-9(2)12-10-5-4-7-11-8-6-10/h1,9-12H,4-8H2,2H3. The van der Waals surface area contributed by atoms with Crippen LogP contribution >= 0.6 is 0 Å². The van der Waals surface area contributed by atoms with E-state index < -0.39 is 0 Å². The molecule has 1 aliphatic rings. The Labute approximate surface area is 75.1 Å². The fraction of sp³-hybridized carbons (Fsp3) is 0.800. The van der Waals surface area contributed by atoms with E-state index in [0.29, 0.717) is 6.04 Å². The zero-order chi connectivity index (χ0) is 8.81. The van der Waals surface area contributed by atoms with Crippen molar-refractivity contribution in [2.75, 3.05) is 13.1 Å². The molecule has 2 heteroatoms. The van der Waals surface area contributed by atoms with E-state index in [1.54, 1.807) is 0 Å².